The van der Waals surface area contributed by atoms with E-state index in [1.165, 1.54) is 0 Å². The van der Waals surface area contributed by atoms with Gasteiger partial charge in [-0.3, -0.25) is 4.79 Å². The number of aromatic nitrogens is 2. The van der Waals surface area contributed by atoms with E-state index in [0.29, 0.717) is 30.8 Å². The zero-order chi connectivity index (χ0) is 18.8. The molecular weight excluding hydrogens is 354 g/mol. The molecule has 142 valence electrons. The highest BCUT2D eigenvalue weighted by Gasteiger charge is 2.22. The van der Waals surface area contributed by atoms with Gasteiger partial charge >= 0.3 is 5.22 Å². The fraction of sp³-hybridized carbons (Fsp3) is 0.500. The molecule has 0 spiro atoms. The second kappa shape index (κ2) is 10.1. The van der Waals surface area contributed by atoms with Crippen molar-refractivity contribution in [3.05, 3.63) is 41.8 Å². The van der Waals surface area contributed by atoms with Gasteiger partial charge in [0.2, 0.25) is 21.6 Å². The summed E-state index contributed by atoms with van der Waals surface area (Å²) in [6.45, 7) is 2.62. The lowest BCUT2D eigenvalue weighted by Gasteiger charge is -2.03. The number of nitrogens with one attached hydrogen (secondary N) is 1. The van der Waals surface area contributed by atoms with Crippen LogP contribution in [0.1, 0.15) is 50.5 Å². The van der Waals surface area contributed by atoms with Crippen molar-refractivity contribution >= 4 is 15.7 Å². The molecular formula is C18H25N3O4S. The zero-order valence-corrected chi connectivity index (χ0v) is 15.8. The molecule has 0 saturated carbocycles. The van der Waals surface area contributed by atoms with Crippen molar-refractivity contribution in [1.29, 1.82) is 0 Å². The second-order valence-electron chi connectivity index (χ2n) is 6.12. The van der Waals surface area contributed by atoms with Crippen LogP contribution < -0.4 is 5.32 Å². The highest BCUT2D eigenvalue weighted by atomic mass is 32.2. The van der Waals surface area contributed by atoms with Crippen molar-refractivity contribution in [2.24, 2.45) is 0 Å². The third-order valence-electron chi connectivity index (χ3n) is 3.78. The number of amides is 1. The van der Waals surface area contributed by atoms with E-state index in [1.807, 2.05) is 13.0 Å². The molecule has 0 bridgehead atoms. The Labute approximate surface area is 154 Å². The predicted octanol–water partition coefficient (Wildman–Crippen LogP) is 2.67. The standard InChI is InChI=1S/C18H25N3O4S/c1-2-9-16(22)19-13-8-4-7-12-17-20-21-18(25-17)26(23,24)14-15-10-5-3-6-11-15/h3,5-6,10-11H,2,4,7-9,12-14H2,1H3,(H,19,22). The van der Waals surface area contributed by atoms with Gasteiger partial charge < -0.3 is 9.73 Å². The Morgan fingerprint density at radius 1 is 1.12 bits per heavy atom. The monoisotopic (exact) mass is 379 g/mol. The topological polar surface area (TPSA) is 102 Å². The number of hydrogen-bond acceptors (Lipinski definition) is 6. The van der Waals surface area contributed by atoms with E-state index in [-0.39, 0.29) is 16.9 Å². The molecule has 0 atom stereocenters. The summed E-state index contributed by atoms with van der Waals surface area (Å²) in [4.78, 5) is 11.3. The van der Waals surface area contributed by atoms with Crippen LogP contribution in [0.5, 0.6) is 0 Å². The molecule has 2 aromatic rings. The first kappa shape index (κ1) is 20.1. The summed E-state index contributed by atoms with van der Waals surface area (Å²) in [6.07, 6.45) is 4.48. The molecule has 0 aliphatic rings. The third-order valence-corrected chi connectivity index (χ3v) is 5.19. The summed E-state index contributed by atoms with van der Waals surface area (Å²) in [5.41, 5.74) is 0.678. The predicted molar refractivity (Wildman–Crippen MR) is 97.1 cm³/mol. The first-order valence-corrected chi connectivity index (χ1v) is 10.5. The molecule has 1 heterocycles. The van der Waals surface area contributed by atoms with Crippen molar-refractivity contribution in [2.45, 2.75) is 56.4 Å². The highest BCUT2D eigenvalue weighted by molar-refractivity contribution is 7.90. The summed E-state index contributed by atoms with van der Waals surface area (Å²) < 4.78 is 29.9. The van der Waals surface area contributed by atoms with E-state index >= 15 is 0 Å². The molecule has 8 heteroatoms. The van der Waals surface area contributed by atoms with Crippen LogP contribution in [0.4, 0.5) is 0 Å². The van der Waals surface area contributed by atoms with Crippen LogP contribution in [-0.4, -0.2) is 31.1 Å². The van der Waals surface area contributed by atoms with Crippen molar-refractivity contribution < 1.29 is 17.6 Å². The summed E-state index contributed by atoms with van der Waals surface area (Å²) in [7, 11) is -3.63. The number of unbranched alkanes of at least 4 members (excludes halogenated alkanes) is 2. The van der Waals surface area contributed by atoms with E-state index in [2.05, 4.69) is 15.5 Å². The third kappa shape index (κ3) is 6.59. The van der Waals surface area contributed by atoms with Crippen LogP contribution in [0, 0.1) is 0 Å². The smallest absolute Gasteiger partial charge is 0.335 e. The minimum absolute atomic E-state index is 0.0812. The van der Waals surface area contributed by atoms with Gasteiger partial charge in [0.05, 0.1) is 5.75 Å². The summed E-state index contributed by atoms with van der Waals surface area (Å²) >= 11 is 0. The van der Waals surface area contributed by atoms with Gasteiger partial charge in [-0.25, -0.2) is 8.42 Å². The summed E-state index contributed by atoms with van der Waals surface area (Å²) in [6, 6.07) is 8.89. The Morgan fingerprint density at radius 2 is 1.88 bits per heavy atom. The average molecular weight is 379 g/mol. The Hall–Kier alpha value is -2.22. The highest BCUT2D eigenvalue weighted by Crippen LogP contribution is 2.16. The molecule has 0 fully saturated rings. The minimum atomic E-state index is -3.63. The van der Waals surface area contributed by atoms with Gasteiger partial charge in [0.25, 0.3) is 0 Å². The Bertz CT molecular complexity index is 788. The number of rotatable bonds is 11. The number of benzene rings is 1. The maximum atomic E-state index is 12.3. The molecule has 2 rings (SSSR count). The fourth-order valence-corrected chi connectivity index (χ4v) is 3.58. The van der Waals surface area contributed by atoms with E-state index < -0.39 is 9.84 Å². The molecule has 0 unspecified atom stereocenters. The number of sulfone groups is 1. The van der Waals surface area contributed by atoms with Crippen LogP contribution in [0.25, 0.3) is 0 Å². The molecule has 0 aliphatic carbocycles. The van der Waals surface area contributed by atoms with Crippen molar-refractivity contribution in [3.63, 3.8) is 0 Å². The van der Waals surface area contributed by atoms with Gasteiger partial charge in [-0.15, -0.1) is 5.10 Å². The maximum Gasteiger partial charge on any atom is 0.335 e. The minimum Gasteiger partial charge on any atom is -0.413 e. The zero-order valence-electron chi connectivity index (χ0n) is 15.0. The van der Waals surface area contributed by atoms with Gasteiger partial charge in [0, 0.05) is 19.4 Å². The van der Waals surface area contributed by atoms with Crippen molar-refractivity contribution in [1.82, 2.24) is 15.5 Å². The van der Waals surface area contributed by atoms with E-state index in [4.69, 9.17) is 4.42 Å². The maximum absolute atomic E-state index is 12.3. The lowest BCUT2D eigenvalue weighted by Crippen LogP contribution is -2.23. The van der Waals surface area contributed by atoms with Gasteiger partial charge in [0.1, 0.15) is 0 Å². The quantitative estimate of drug-likeness (QED) is 0.602. The van der Waals surface area contributed by atoms with E-state index in [1.54, 1.807) is 24.3 Å². The lowest BCUT2D eigenvalue weighted by atomic mass is 10.2. The first-order valence-electron chi connectivity index (χ1n) is 8.87. The van der Waals surface area contributed by atoms with Crippen LogP contribution in [0.15, 0.2) is 40.0 Å². The lowest BCUT2D eigenvalue weighted by molar-refractivity contribution is -0.121. The molecule has 0 aliphatic heterocycles. The van der Waals surface area contributed by atoms with E-state index in [9.17, 15) is 13.2 Å². The van der Waals surface area contributed by atoms with Crippen molar-refractivity contribution in [2.75, 3.05) is 6.54 Å². The van der Waals surface area contributed by atoms with Gasteiger partial charge in [-0.05, 0) is 24.8 Å². The SMILES string of the molecule is CCCC(=O)NCCCCCc1nnc(S(=O)(=O)Cc2ccccc2)o1. The molecule has 26 heavy (non-hydrogen) atoms. The van der Waals surface area contributed by atoms with Gasteiger partial charge in [-0.2, -0.15) is 0 Å². The largest absolute Gasteiger partial charge is 0.413 e. The molecule has 1 N–H and O–H groups in total. The van der Waals surface area contributed by atoms with Crippen molar-refractivity contribution in [3.8, 4) is 0 Å². The fourth-order valence-electron chi connectivity index (χ4n) is 2.44. The van der Waals surface area contributed by atoms with Crippen LogP contribution in [-0.2, 0) is 26.8 Å². The first-order chi connectivity index (χ1) is 12.5. The molecule has 1 aromatic heterocycles. The number of nitrogens with zero attached hydrogens (tertiary/aromatic N) is 2. The van der Waals surface area contributed by atoms with Crippen LogP contribution >= 0.6 is 0 Å². The number of aryl methyl sites for hydroxylation is 1. The molecule has 7 nitrogen and oxygen atoms in total. The molecule has 0 saturated heterocycles. The molecule has 1 amide bonds. The Kier molecular flexibility index (Phi) is 7.77. The summed E-state index contributed by atoms with van der Waals surface area (Å²) in [5, 5.41) is 10.0. The number of carbonyl (C=O) groups is 1. The Balaban J connectivity index is 1.74. The number of hydrogen-bond donors (Lipinski definition) is 1. The molecule has 1 aromatic carbocycles. The van der Waals surface area contributed by atoms with Gasteiger partial charge in [-0.1, -0.05) is 48.8 Å². The Morgan fingerprint density at radius 3 is 2.62 bits per heavy atom. The van der Waals surface area contributed by atoms with Gasteiger partial charge in [0.15, 0.2) is 0 Å². The summed E-state index contributed by atoms with van der Waals surface area (Å²) in [5.74, 6) is 0.247. The van der Waals surface area contributed by atoms with Crippen LogP contribution in [0.3, 0.4) is 0 Å². The van der Waals surface area contributed by atoms with Crippen LogP contribution in [0.2, 0.25) is 0 Å². The number of carbonyl (C=O) groups excluding carboxylic acids is 1. The molecule has 0 radical (unpaired) electrons. The van der Waals surface area contributed by atoms with E-state index in [0.717, 1.165) is 25.7 Å². The normalized spacial score (nSPS) is 11.4. The average Bonchev–Trinajstić information content (AvgIpc) is 3.09. The second-order valence-corrected chi connectivity index (χ2v) is 7.98.